The van der Waals surface area contributed by atoms with Crippen molar-refractivity contribution in [3.8, 4) is 0 Å². The van der Waals surface area contributed by atoms with E-state index in [1.165, 1.54) is 12.8 Å². The number of unbranched alkanes of at least 4 members (excludes halogenated alkanes) is 2. The van der Waals surface area contributed by atoms with Gasteiger partial charge in [-0.05, 0) is 38.3 Å². The van der Waals surface area contributed by atoms with Crippen LogP contribution in [0, 0.1) is 0 Å². The van der Waals surface area contributed by atoms with Crippen LogP contribution in [0.2, 0.25) is 0 Å². The Hall–Kier alpha value is -1.58. The normalized spacial score (nSPS) is 11.2. The lowest BCUT2D eigenvalue weighted by molar-refractivity contribution is 0.0696. The molecule has 1 aromatic rings. The van der Waals surface area contributed by atoms with Crippen LogP contribution in [-0.4, -0.2) is 28.6 Å². The first kappa shape index (κ1) is 17.5. The predicted octanol–water partition coefficient (Wildman–Crippen LogP) is 4.31. The second kappa shape index (κ2) is 8.01. The molecule has 0 saturated heterocycles. The molecule has 1 N–H and O–H groups in total. The van der Waals surface area contributed by atoms with Gasteiger partial charge in [-0.25, -0.2) is 9.78 Å². The third kappa shape index (κ3) is 5.03. The maximum Gasteiger partial charge on any atom is 0.335 e. The number of nitrogens with zero attached hydrogens (tertiary/aromatic N) is 2. The lowest BCUT2D eigenvalue weighted by Crippen LogP contribution is -2.33. The zero-order valence-electron chi connectivity index (χ0n) is 13.9. The van der Waals surface area contributed by atoms with Crippen molar-refractivity contribution in [2.75, 3.05) is 11.4 Å². The Morgan fingerprint density at radius 1 is 1.24 bits per heavy atom. The first-order valence-corrected chi connectivity index (χ1v) is 7.88. The predicted molar refractivity (Wildman–Crippen MR) is 87.3 cm³/mol. The zero-order chi connectivity index (χ0) is 16.0. The van der Waals surface area contributed by atoms with Crippen molar-refractivity contribution >= 4 is 11.8 Å². The van der Waals surface area contributed by atoms with E-state index in [-0.39, 0.29) is 5.92 Å². The van der Waals surface area contributed by atoms with Crippen LogP contribution < -0.4 is 4.90 Å². The Morgan fingerprint density at radius 3 is 2.38 bits per heavy atom. The van der Waals surface area contributed by atoms with E-state index in [1.54, 1.807) is 12.1 Å². The van der Waals surface area contributed by atoms with Gasteiger partial charge in [-0.3, -0.25) is 0 Å². The summed E-state index contributed by atoms with van der Waals surface area (Å²) in [7, 11) is 0. The second-order valence-corrected chi connectivity index (χ2v) is 6.09. The lowest BCUT2D eigenvalue weighted by atomic mass is 10.1. The van der Waals surface area contributed by atoms with Gasteiger partial charge in [0.25, 0.3) is 0 Å². The molecule has 0 radical (unpaired) electrons. The molecule has 1 aromatic heterocycles. The van der Waals surface area contributed by atoms with Crippen molar-refractivity contribution in [1.29, 1.82) is 0 Å². The molecule has 0 unspecified atom stereocenters. The van der Waals surface area contributed by atoms with Crippen molar-refractivity contribution in [2.45, 2.75) is 65.8 Å². The van der Waals surface area contributed by atoms with Crippen LogP contribution in [0.3, 0.4) is 0 Å². The molecule has 0 aliphatic heterocycles. The van der Waals surface area contributed by atoms with Crippen molar-refractivity contribution in [3.05, 3.63) is 23.4 Å². The molecular weight excluding hydrogens is 264 g/mol. The summed E-state index contributed by atoms with van der Waals surface area (Å²) < 4.78 is 0. The number of pyridine rings is 1. The van der Waals surface area contributed by atoms with Gasteiger partial charge in [0.1, 0.15) is 5.82 Å². The molecule has 0 fully saturated rings. The Balaban J connectivity index is 3.13. The Labute approximate surface area is 128 Å². The van der Waals surface area contributed by atoms with Gasteiger partial charge in [-0.2, -0.15) is 0 Å². The molecule has 21 heavy (non-hydrogen) atoms. The van der Waals surface area contributed by atoms with E-state index in [2.05, 4.69) is 30.7 Å². The van der Waals surface area contributed by atoms with E-state index in [1.807, 2.05) is 13.8 Å². The molecule has 1 rings (SSSR count). The fourth-order valence-electron chi connectivity index (χ4n) is 2.27. The fraction of sp³-hybridized carbons (Fsp3) is 0.647. The fourth-order valence-corrected chi connectivity index (χ4v) is 2.27. The average molecular weight is 292 g/mol. The number of carboxylic acid groups (broad SMARTS) is 1. The number of anilines is 1. The van der Waals surface area contributed by atoms with Crippen LogP contribution in [0.25, 0.3) is 0 Å². The van der Waals surface area contributed by atoms with Crippen molar-refractivity contribution in [1.82, 2.24) is 4.98 Å². The van der Waals surface area contributed by atoms with Crippen molar-refractivity contribution < 1.29 is 9.90 Å². The summed E-state index contributed by atoms with van der Waals surface area (Å²) in [6, 6.07) is 3.68. The van der Waals surface area contributed by atoms with E-state index in [9.17, 15) is 9.90 Å². The van der Waals surface area contributed by atoms with Gasteiger partial charge in [0.15, 0.2) is 0 Å². The van der Waals surface area contributed by atoms with Gasteiger partial charge in [0.2, 0.25) is 0 Å². The summed E-state index contributed by atoms with van der Waals surface area (Å²) in [5.74, 6) is 0.107. The van der Waals surface area contributed by atoms with Crippen LogP contribution in [0.4, 0.5) is 5.82 Å². The summed E-state index contributed by atoms with van der Waals surface area (Å²) in [5, 5.41) is 9.30. The first-order chi connectivity index (χ1) is 9.86. The first-order valence-electron chi connectivity index (χ1n) is 7.88. The van der Waals surface area contributed by atoms with Crippen LogP contribution in [-0.2, 0) is 0 Å². The minimum absolute atomic E-state index is 0.215. The highest BCUT2D eigenvalue weighted by atomic mass is 16.4. The monoisotopic (exact) mass is 292 g/mol. The van der Waals surface area contributed by atoms with Crippen LogP contribution in [0.5, 0.6) is 0 Å². The zero-order valence-corrected chi connectivity index (χ0v) is 13.9. The van der Waals surface area contributed by atoms with E-state index in [0.717, 1.165) is 24.5 Å². The summed E-state index contributed by atoms with van der Waals surface area (Å²) in [6.07, 6.45) is 3.45. The largest absolute Gasteiger partial charge is 0.478 e. The Morgan fingerprint density at radius 2 is 1.90 bits per heavy atom. The summed E-state index contributed by atoms with van der Waals surface area (Å²) in [6.45, 7) is 11.4. The summed E-state index contributed by atoms with van der Waals surface area (Å²) in [5.41, 5.74) is 1.16. The highest BCUT2D eigenvalue weighted by molar-refractivity contribution is 5.88. The highest BCUT2D eigenvalue weighted by Gasteiger charge is 2.17. The Bertz CT molecular complexity index is 470. The SMILES string of the molecule is CCCCCN(c1cc(C(=O)O)cc(C(C)C)n1)C(C)C. The second-order valence-electron chi connectivity index (χ2n) is 6.09. The summed E-state index contributed by atoms with van der Waals surface area (Å²) >= 11 is 0. The van der Waals surface area contributed by atoms with Gasteiger partial charge < -0.3 is 10.0 Å². The van der Waals surface area contributed by atoms with Gasteiger partial charge >= 0.3 is 5.97 Å². The molecule has 4 nitrogen and oxygen atoms in total. The number of hydrogen-bond acceptors (Lipinski definition) is 3. The molecule has 0 atom stereocenters. The molecular formula is C17H28N2O2. The van der Waals surface area contributed by atoms with Crippen LogP contribution >= 0.6 is 0 Å². The average Bonchev–Trinajstić information content (AvgIpc) is 2.42. The van der Waals surface area contributed by atoms with Gasteiger partial charge in [-0.15, -0.1) is 0 Å². The maximum absolute atomic E-state index is 11.3. The number of rotatable bonds is 8. The number of carboxylic acids is 1. The third-order valence-corrected chi connectivity index (χ3v) is 3.59. The van der Waals surface area contributed by atoms with Crippen LogP contribution in [0.1, 0.15) is 75.9 Å². The quantitative estimate of drug-likeness (QED) is 0.725. The maximum atomic E-state index is 11.3. The van der Waals surface area contributed by atoms with E-state index >= 15 is 0 Å². The standard InChI is InChI=1S/C17H28N2O2/c1-6-7-8-9-19(13(4)5)16-11-14(17(20)21)10-15(18-16)12(2)3/h10-13H,6-9H2,1-5H3,(H,20,21). The van der Waals surface area contributed by atoms with Gasteiger partial charge in [-0.1, -0.05) is 33.6 Å². The molecule has 0 aromatic carbocycles. The topological polar surface area (TPSA) is 53.4 Å². The van der Waals surface area contributed by atoms with Crippen molar-refractivity contribution in [2.24, 2.45) is 0 Å². The van der Waals surface area contributed by atoms with Gasteiger partial charge in [0, 0.05) is 18.3 Å². The third-order valence-electron chi connectivity index (χ3n) is 3.59. The smallest absolute Gasteiger partial charge is 0.335 e. The number of carbonyl (C=O) groups is 1. The van der Waals surface area contributed by atoms with E-state index < -0.39 is 5.97 Å². The van der Waals surface area contributed by atoms with Gasteiger partial charge in [0.05, 0.1) is 5.56 Å². The Kier molecular flexibility index (Phi) is 6.66. The number of aromatic carboxylic acids is 1. The van der Waals surface area contributed by atoms with Crippen LogP contribution in [0.15, 0.2) is 12.1 Å². The number of hydrogen-bond donors (Lipinski definition) is 1. The molecule has 118 valence electrons. The minimum atomic E-state index is -0.891. The molecule has 0 saturated carbocycles. The molecule has 0 spiro atoms. The molecule has 0 aliphatic carbocycles. The highest BCUT2D eigenvalue weighted by Crippen LogP contribution is 2.22. The van der Waals surface area contributed by atoms with E-state index in [0.29, 0.717) is 11.6 Å². The summed E-state index contributed by atoms with van der Waals surface area (Å²) in [4.78, 5) is 18.2. The molecule has 0 bridgehead atoms. The van der Waals surface area contributed by atoms with E-state index in [4.69, 9.17) is 0 Å². The number of aromatic nitrogens is 1. The molecule has 4 heteroatoms. The lowest BCUT2D eigenvalue weighted by Gasteiger charge is -2.29. The molecule has 0 amide bonds. The molecule has 1 heterocycles. The molecule has 0 aliphatic rings. The minimum Gasteiger partial charge on any atom is -0.478 e. The van der Waals surface area contributed by atoms with Crippen molar-refractivity contribution in [3.63, 3.8) is 0 Å².